The highest BCUT2D eigenvalue weighted by atomic mass is 16.6. The van der Waals surface area contributed by atoms with E-state index in [2.05, 4.69) is 0 Å². The van der Waals surface area contributed by atoms with Gasteiger partial charge in [-0.25, -0.2) is 4.90 Å². The molecular formula is C26H20N2O6. The molecule has 0 radical (unpaired) electrons. The molecule has 1 fully saturated rings. The quantitative estimate of drug-likeness (QED) is 0.335. The minimum Gasteiger partial charge on any atom is -0.490 e. The summed E-state index contributed by atoms with van der Waals surface area (Å²) in [5, 5.41) is 10.8. The van der Waals surface area contributed by atoms with Crippen LogP contribution in [0.3, 0.4) is 0 Å². The third kappa shape index (κ3) is 3.22. The molecule has 1 saturated heterocycles. The van der Waals surface area contributed by atoms with Crippen LogP contribution in [0.4, 0.5) is 5.69 Å². The highest BCUT2D eigenvalue weighted by molar-refractivity contribution is 6.34. The maximum atomic E-state index is 13.0. The molecule has 4 aromatic rings. The summed E-state index contributed by atoms with van der Waals surface area (Å²) < 4.78 is 13.2. The Hall–Kier alpha value is -4.17. The Labute approximate surface area is 193 Å². The van der Waals surface area contributed by atoms with E-state index in [-0.39, 0.29) is 30.9 Å². The number of amides is 2. The summed E-state index contributed by atoms with van der Waals surface area (Å²) in [6.45, 7) is 1.36. The lowest BCUT2D eigenvalue weighted by molar-refractivity contribution is -0.137. The third-order valence-electron chi connectivity index (χ3n) is 6.26. The van der Waals surface area contributed by atoms with Crippen molar-refractivity contribution in [1.29, 1.82) is 0 Å². The summed E-state index contributed by atoms with van der Waals surface area (Å²) in [5.74, 6) is -0.976. The maximum Gasteiger partial charge on any atom is 0.305 e. The average Bonchev–Trinajstić information content (AvgIpc) is 3.57. The van der Waals surface area contributed by atoms with Gasteiger partial charge in [0.25, 0.3) is 11.8 Å². The maximum absolute atomic E-state index is 13.0. The van der Waals surface area contributed by atoms with Crippen molar-refractivity contribution in [2.45, 2.75) is 19.1 Å². The Morgan fingerprint density at radius 1 is 1.00 bits per heavy atom. The van der Waals surface area contributed by atoms with Gasteiger partial charge in [-0.15, -0.1) is 0 Å². The molecule has 8 heteroatoms. The number of anilines is 1. The van der Waals surface area contributed by atoms with E-state index >= 15 is 0 Å². The predicted molar refractivity (Wildman–Crippen MR) is 125 cm³/mol. The number of carboxylic acid groups (broad SMARTS) is 1. The van der Waals surface area contributed by atoms with Crippen LogP contribution in [-0.2, 0) is 16.1 Å². The SMILES string of the molecule is O=C(O)CCn1c2ccc(N3C(=O)c4ccccc4C3=O)cc2c2c(OCC3CO3)cccc21. The molecule has 1 atom stereocenters. The van der Waals surface area contributed by atoms with Crippen LogP contribution in [0, 0.1) is 0 Å². The second-order valence-electron chi connectivity index (χ2n) is 8.40. The molecule has 2 amide bonds. The van der Waals surface area contributed by atoms with Crippen molar-refractivity contribution in [3.05, 3.63) is 71.8 Å². The molecule has 6 rings (SSSR count). The van der Waals surface area contributed by atoms with Crippen LogP contribution in [0.1, 0.15) is 27.1 Å². The molecule has 8 nitrogen and oxygen atoms in total. The molecule has 0 bridgehead atoms. The molecule has 1 aromatic heterocycles. The molecule has 1 N–H and O–H groups in total. The highest BCUT2D eigenvalue weighted by Crippen LogP contribution is 2.39. The predicted octanol–water partition coefficient (Wildman–Crippen LogP) is 3.85. The fraction of sp³-hybridized carbons (Fsp3) is 0.192. The van der Waals surface area contributed by atoms with Gasteiger partial charge in [0.2, 0.25) is 0 Å². The molecular weight excluding hydrogens is 436 g/mol. The van der Waals surface area contributed by atoms with Crippen molar-refractivity contribution in [3.63, 3.8) is 0 Å². The number of ether oxygens (including phenoxy) is 2. The van der Waals surface area contributed by atoms with Crippen LogP contribution in [0.2, 0.25) is 0 Å². The van der Waals surface area contributed by atoms with Crippen molar-refractivity contribution in [2.24, 2.45) is 0 Å². The lowest BCUT2D eigenvalue weighted by Gasteiger charge is -2.14. The number of carbonyl (C=O) groups excluding carboxylic acids is 2. The molecule has 1 unspecified atom stereocenters. The molecule has 0 aliphatic carbocycles. The van der Waals surface area contributed by atoms with Gasteiger partial charge in [0.1, 0.15) is 18.5 Å². The molecule has 0 spiro atoms. The number of aromatic nitrogens is 1. The molecule has 3 aromatic carbocycles. The zero-order chi connectivity index (χ0) is 23.4. The Kier molecular flexibility index (Phi) is 4.63. The summed E-state index contributed by atoms with van der Waals surface area (Å²) >= 11 is 0. The Morgan fingerprint density at radius 3 is 2.41 bits per heavy atom. The summed E-state index contributed by atoms with van der Waals surface area (Å²) in [6, 6.07) is 17.8. The van der Waals surface area contributed by atoms with Gasteiger partial charge < -0.3 is 19.1 Å². The normalized spacial score (nSPS) is 16.9. The van der Waals surface area contributed by atoms with Crippen molar-refractivity contribution in [3.8, 4) is 5.75 Å². The molecule has 2 aliphatic rings. The Bertz CT molecular complexity index is 1470. The number of nitrogens with zero attached hydrogens (tertiary/aromatic N) is 2. The summed E-state index contributed by atoms with van der Waals surface area (Å²) in [7, 11) is 0. The van der Waals surface area contributed by atoms with Crippen molar-refractivity contribution in [1.82, 2.24) is 4.57 Å². The van der Waals surface area contributed by atoms with Crippen molar-refractivity contribution >= 4 is 45.3 Å². The van der Waals surface area contributed by atoms with E-state index in [0.717, 1.165) is 21.8 Å². The van der Waals surface area contributed by atoms with Crippen molar-refractivity contribution in [2.75, 3.05) is 18.1 Å². The van der Waals surface area contributed by atoms with Crippen LogP contribution >= 0.6 is 0 Å². The number of imide groups is 1. The fourth-order valence-corrected chi connectivity index (χ4v) is 4.58. The second kappa shape index (κ2) is 7.71. The lowest BCUT2D eigenvalue weighted by Crippen LogP contribution is -2.29. The number of hydrogen-bond acceptors (Lipinski definition) is 5. The van der Waals surface area contributed by atoms with E-state index in [4.69, 9.17) is 9.47 Å². The van der Waals surface area contributed by atoms with Gasteiger partial charge in [-0.2, -0.15) is 0 Å². The van der Waals surface area contributed by atoms with Gasteiger partial charge in [-0.1, -0.05) is 18.2 Å². The van der Waals surface area contributed by atoms with E-state index in [1.54, 1.807) is 36.4 Å². The van der Waals surface area contributed by atoms with E-state index < -0.39 is 5.97 Å². The number of hydrogen-bond donors (Lipinski definition) is 1. The van der Waals surface area contributed by atoms with Gasteiger partial charge >= 0.3 is 5.97 Å². The van der Waals surface area contributed by atoms with Crippen LogP contribution < -0.4 is 9.64 Å². The average molecular weight is 456 g/mol. The smallest absolute Gasteiger partial charge is 0.305 e. The summed E-state index contributed by atoms with van der Waals surface area (Å²) in [6.07, 6.45) is 0.0320. The van der Waals surface area contributed by atoms with E-state index in [0.29, 0.717) is 35.8 Å². The minimum atomic E-state index is -0.893. The molecule has 170 valence electrons. The first-order valence-electron chi connectivity index (χ1n) is 11.0. The number of aryl methyl sites for hydroxylation is 1. The number of carboxylic acids is 1. The van der Waals surface area contributed by atoms with Crippen LogP contribution in [0.25, 0.3) is 21.8 Å². The monoisotopic (exact) mass is 456 g/mol. The van der Waals surface area contributed by atoms with Crippen molar-refractivity contribution < 1.29 is 29.0 Å². The van der Waals surface area contributed by atoms with Crippen LogP contribution in [-0.4, -0.2) is 46.8 Å². The first-order chi connectivity index (χ1) is 16.5. The summed E-state index contributed by atoms with van der Waals surface area (Å²) in [5.41, 5.74) is 2.84. The number of benzene rings is 3. The van der Waals surface area contributed by atoms with Crippen LogP contribution in [0.5, 0.6) is 5.75 Å². The number of epoxide rings is 1. The number of aliphatic carboxylic acids is 1. The number of fused-ring (bicyclic) bond motifs is 4. The zero-order valence-electron chi connectivity index (χ0n) is 18.1. The van der Waals surface area contributed by atoms with Gasteiger partial charge in [0.05, 0.1) is 35.4 Å². The summed E-state index contributed by atoms with van der Waals surface area (Å²) in [4.78, 5) is 38.6. The topological polar surface area (TPSA) is 101 Å². The van der Waals surface area contributed by atoms with Crippen LogP contribution in [0.15, 0.2) is 60.7 Å². The largest absolute Gasteiger partial charge is 0.490 e. The standard InChI is InChI=1S/C26H20N2O6/c29-23(30)10-11-27-20-9-8-15(28-25(31)17-4-1-2-5-18(17)26(28)32)12-19(20)24-21(27)6-3-7-22(24)34-14-16-13-33-16/h1-9,12,16H,10-11,13-14H2,(H,29,30). The molecule has 2 aliphatic heterocycles. The number of carbonyl (C=O) groups is 3. The van der Waals surface area contributed by atoms with E-state index in [9.17, 15) is 19.5 Å². The fourth-order valence-electron chi connectivity index (χ4n) is 4.58. The minimum absolute atomic E-state index is 0.0416. The number of rotatable bonds is 7. The Balaban J connectivity index is 1.51. The lowest BCUT2D eigenvalue weighted by atomic mass is 10.1. The first-order valence-corrected chi connectivity index (χ1v) is 11.0. The van der Waals surface area contributed by atoms with E-state index in [1.165, 1.54) is 4.90 Å². The zero-order valence-corrected chi connectivity index (χ0v) is 18.1. The van der Waals surface area contributed by atoms with Gasteiger partial charge in [0, 0.05) is 22.8 Å². The third-order valence-corrected chi connectivity index (χ3v) is 6.26. The Morgan fingerprint density at radius 2 is 1.74 bits per heavy atom. The van der Waals surface area contributed by atoms with Gasteiger partial charge in [-0.3, -0.25) is 14.4 Å². The highest BCUT2D eigenvalue weighted by Gasteiger charge is 2.36. The first kappa shape index (κ1) is 20.4. The molecule has 3 heterocycles. The van der Waals surface area contributed by atoms with Gasteiger partial charge in [0.15, 0.2) is 0 Å². The second-order valence-corrected chi connectivity index (χ2v) is 8.40. The molecule has 34 heavy (non-hydrogen) atoms. The van der Waals surface area contributed by atoms with Gasteiger partial charge in [-0.05, 0) is 42.5 Å². The molecule has 0 saturated carbocycles. The van der Waals surface area contributed by atoms with E-state index in [1.807, 2.05) is 28.8 Å².